The highest BCUT2D eigenvalue weighted by Gasteiger charge is 2.32. The van der Waals surface area contributed by atoms with Gasteiger partial charge in [0.1, 0.15) is 0 Å². The molecule has 0 saturated heterocycles. The van der Waals surface area contributed by atoms with Crippen molar-refractivity contribution in [2.24, 2.45) is 0 Å². The summed E-state index contributed by atoms with van der Waals surface area (Å²) in [6.07, 6.45) is -10.4. The molecule has 0 unspecified atom stereocenters. The second-order valence-corrected chi connectivity index (χ2v) is 3.20. The van der Waals surface area contributed by atoms with E-state index in [9.17, 15) is 26.3 Å². The number of halogens is 6. The van der Waals surface area contributed by atoms with Gasteiger partial charge in [0.2, 0.25) is 0 Å². The molecule has 0 atom stereocenters. The molecule has 16 heavy (non-hydrogen) atoms. The zero-order valence-electron chi connectivity index (χ0n) is 7.78. The third-order valence-corrected chi connectivity index (χ3v) is 1.86. The fourth-order valence-electron chi connectivity index (χ4n) is 1.15. The first-order valence-corrected chi connectivity index (χ1v) is 4.12. The van der Waals surface area contributed by atoms with Gasteiger partial charge in [-0.25, -0.2) is 0 Å². The van der Waals surface area contributed by atoms with E-state index < -0.39 is 30.0 Å². The summed E-state index contributed by atoms with van der Waals surface area (Å²) >= 11 is 0. The van der Waals surface area contributed by atoms with E-state index in [0.29, 0.717) is 12.1 Å². The van der Waals surface area contributed by atoms with Crippen LogP contribution in [-0.2, 0) is 12.6 Å². The van der Waals surface area contributed by atoms with E-state index in [1.165, 1.54) is 0 Å². The standard InChI is InChI=1S/C9H7F6N/c10-8(11,12)4-5-1-2-6(3-7(5)16)9(13,14)15/h1-3H,4,16H2. The lowest BCUT2D eigenvalue weighted by molar-refractivity contribution is -0.137. The maximum atomic E-state index is 12.2. The van der Waals surface area contributed by atoms with Gasteiger partial charge in [-0.15, -0.1) is 0 Å². The van der Waals surface area contributed by atoms with Crippen molar-refractivity contribution in [2.75, 3.05) is 5.73 Å². The molecule has 0 heterocycles. The van der Waals surface area contributed by atoms with Crippen LogP contribution in [0.2, 0.25) is 0 Å². The Morgan fingerprint density at radius 3 is 1.94 bits per heavy atom. The van der Waals surface area contributed by atoms with Crippen LogP contribution in [0.3, 0.4) is 0 Å². The summed E-state index contributed by atoms with van der Waals surface area (Å²) in [6.45, 7) is 0. The highest BCUT2D eigenvalue weighted by atomic mass is 19.4. The van der Waals surface area contributed by atoms with Crippen LogP contribution in [0.15, 0.2) is 18.2 Å². The predicted molar refractivity (Wildman–Crippen MR) is 45.6 cm³/mol. The van der Waals surface area contributed by atoms with Crippen molar-refractivity contribution in [3.8, 4) is 0 Å². The Morgan fingerprint density at radius 1 is 1.00 bits per heavy atom. The van der Waals surface area contributed by atoms with Gasteiger partial charge in [-0.1, -0.05) is 6.07 Å². The summed E-state index contributed by atoms with van der Waals surface area (Å²) in [4.78, 5) is 0. The Balaban J connectivity index is 3.01. The molecule has 0 radical (unpaired) electrons. The van der Waals surface area contributed by atoms with Crippen LogP contribution in [-0.4, -0.2) is 6.18 Å². The Bertz CT molecular complexity index is 379. The summed E-state index contributed by atoms with van der Waals surface area (Å²) in [5.41, 5.74) is 3.20. The highest BCUT2D eigenvalue weighted by molar-refractivity contribution is 5.50. The zero-order chi connectivity index (χ0) is 12.6. The van der Waals surface area contributed by atoms with E-state index in [2.05, 4.69) is 0 Å². The Kier molecular flexibility index (Phi) is 3.07. The minimum absolute atomic E-state index is 0.361. The smallest absolute Gasteiger partial charge is 0.398 e. The van der Waals surface area contributed by atoms with Crippen molar-refractivity contribution in [3.05, 3.63) is 29.3 Å². The van der Waals surface area contributed by atoms with Crippen LogP contribution in [0.25, 0.3) is 0 Å². The maximum absolute atomic E-state index is 12.2. The molecule has 90 valence electrons. The third-order valence-electron chi connectivity index (χ3n) is 1.86. The number of alkyl halides is 6. The number of nitrogen functional groups attached to an aromatic ring is 1. The molecule has 1 aromatic carbocycles. The van der Waals surface area contributed by atoms with Crippen molar-refractivity contribution < 1.29 is 26.3 Å². The van der Waals surface area contributed by atoms with Crippen LogP contribution in [0.5, 0.6) is 0 Å². The van der Waals surface area contributed by atoms with Crippen LogP contribution >= 0.6 is 0 Å². The topological polar surface area (TPSA) is 26.0 Å². The molecule has 0 aliphatic carbocycles. The minimum atomic E-state index is -4.61. The number of benzene rings is 1. The lowest BCUT2D eigenvalue weighted by Gasteiger charge is -2.12. The highest BCUT2D eigenvalue weighted by Crippen LogP contribution is 2.33. The number of anilines is 1. The first-order valence-electron chi connectivity index (χ1n) is 4.12. The first-order chi connectivity index (χ1) is 7.09. The second kappa shape index (κ2) is 3.88. The van der Waals surface area contributed by atoms with Crippen LogP contribution in [0, 0.1) is 0 Å². The van der Waals surface area contributed by atoms with Gasteiger partial charge in [-0.2, -0.15) is 26.3 Å². The minimum Gasteiger partial charge on any atom is -0.398 e. The van der Waals surface area contributed by atoms with E-state index in [1.54, 1.807) is 0 Å². The zero-order valence-corrected chi connectivity index (χ0v) is 7.78. The summed E-state index contributed by atoms with van der Waals surface area (Å²) in [5, 5.41) is 0. The normalized spacial score (nSPS) is 12.9. The van der Waals surface area contributed by atoms with Gasteiger partial charge in [0.25, 0.3) is 0 Å². The number of hydrogen-bond acceptors (Lipinski definition) is 1. The molecule has 2 N–H and O–H groups in total. The monoisotopic (exact) mass is 243 g/mol. The fraction of sp³-hybridized carbons (Fsp3) is 0.333. The van der Waals surface area contributed by atoms with E-state index in [0.717, 1.165) is 6.07 Å². The molecule has 7 heteroatoms. The molecular weight excluding hydrogens is 236 g/mol. The first kappa shape index (κ1) is 12.7. The molecule has 1 rings (SSSR count). The molecule has 0 amide bonds. The predicted octanol–water partition coefficient (Wildman–Crippen LogP) is 3.39. The third kappa shape index (κ3) is 3.32. The van der Waals surface area contributed by atoms with E-state index in [4.69, 9.17) is 5.73 Å². The van der Waals surface area contributed by atoms with Gasteiger partial charge < -0.3 is 5.73 Å². The Hall–Kier alpha value is -1.40. The number of nitrogens with two attached hydrogens (primary N) is 1. The van der Waals surface area contributed by atoms with Crippen LogP contribution in [0.4, 0.5) is 32.0 Å². The summed E-state index contributed by atoms with van der Waals surface area (Å²) < 4.78 is 72.4. The van der Waals surface area contributed by atoms with Gasteiger partial charge in [0.15, 0.2) is 0 Å². The van der Waals surface area contributed by atoms with Crippen molar-refractivity contribution in [3.63, 3.8) is 0 Å². The van der Waals surface area contributed by atoms with E-state index in [1.807, 2.05) is 0 Å². The van der Waals surface area contributed by atoms with Crippen molar-refractivity contribution >= 4 is 5.69 Å². The lowest BCUT2D eigenvalue weighted by Crippen LogP contribution is -2.14. The molecule has 1 nitrogen and oxygen atoms in total. The number of hydrogen-bond donors (Lipinski definition) is 1. The van der Waals surface area contributed by atoms with Crippen LogP contribution in [0.1, 0.15) is 11.1 Å². The Labute approximate surface area is 86.9 Å². The number of rotatable bonds is 1. The molecule has 0 aliphatic rings. The second-order valence-electron chi connectivity index (χ2n) is 3.20. The van der Waals surface area contributed by atoms with Gasteiger partial charge >= 0.3 is 12.4 Å². The van der Waals surface area contributed by atoms with Crippen molar-refractivity contribution in [1.82, 2.24) is 0 Å². The van der Waals surface area contributed by atoms with Gasteiger partial charge in [-0.05, 0) is 17.7 Å². The van der Waals surface area contributed by atoms with Gasteiger partial charge in [0.05, 0.1) is 12.0 Å². The average Bonchev–Trinajstić information content (AvgIpc) is 2.04. The molecule has 0 fully saturated rings. The van der Waals surface area contributed by atoms with E-state index in [-0.39, 0.29) is 5.56 Å². The van der Waals surface area contributed by atoms with Gasteiger partial charge in [-0.3, -0.25) is 0 Å². The summed E-state index contributed by atoms with van der Waals surface area (Å²) in [6, 6.07) is 1.82. The average molecular weight is 243 g/mol. The SMILES string of the molecule is Nc1cc(C(F)(F)F)ccc1CC(F)(F)F. The fourth-order valence-corrected chi connectivity index (χ4v) is 1.15. The molecule has 0 spiro atoms. The molecule has 0 aromatic heterocycles. The summed E-state index contributed by atoms with van der Waals surface area (Å²) in [5.74, 6) is 0. The van der Waals surface area contributed by atoms with E-state index >= 15 is 0 Å². The largest absolute Gasteiger partial charge is 0.416 e. The molecule has 0 bridgehead atoms. The molecule has 0 aliphatic heterocycles. The Morgan fingerprint density at radius 2 is 1.56 bits per heavy atom. The van der Waals surface area contributed by atoms with Crippen molar-refractivity contribution in [2.45, 2.75) is 18.8 Å². The maximum Gasteiger partial charge on any atom is 0.416 e. The molecule has 0 saturated carbocycles. The lowest BCUT2D eigenvalue weighted by atomic mass is 10.1. The van der Waals surface area contributed by atoms with Crippen LogP contribution < -0.4 is 5.73 Å². The molecular formula is C9H7F6N. The van der Waals surface area contributed by atoms with Crippen molar-refractivity contribution in [1.29, 1.82) is 0 Å². The summed E-state index contributed by atoms with van der Waals surface area (Å²) in [7, 11) is 0. The van der Waals surface area contributed by atoms with Gasteiger partial charge in [0, 0.05) is 5.69 Å². The molecule has 1 aromatic rings. The quantitative estimate of drug-likeness (QED) is 0.593.